The molecular formula is C27H31F2N5O3. The van der Waals surface area contributed by atoms with E-state index >= 15 is 0 Å². The fourth-order valence-corrected chi connectivity index (χ4v) is 4.89. The Morgan fingerprint density at radius 2 is 1.97 bits per heavy atom. The summed E-state index contributed by atoms with van der Waals surface area (Å²) in [6.07, 6.45) is 3.79. The van der Waals surface area contributed by atoms with Crippen LogP contribution in [0.4, 0.5) is 8.78 Å². The Morgan fingerprint density at radius 1 is 1.16 bits per heavy atom. The summed E-state index contributed by atoms with van der Waals surface area (Å²) in [4.78, 5) is 36.9. The fourth-order valence-electron chi connectivity index (χ4n) is 4.89. The summed E-state index contributed by atoms with van der Waals surface area (Å²) in [7, 11) is 0. The van der Waals surface area contributed by atoms with E-state index in [0.29, 0.717) is 71.1 Å². The maximum atomic E-state index is 14.9. The van der Waals surface area contributed by atoms with Gasteiger partial charge in [-0.25, -0.2) is 18.7 Å². The number of nitrogens with zero attached hydrogens (tertiary/aromatic N) is 2. The molecule has 2 aromatic heterocycles. The highest BCUT2D eigenvalue weighted by molar-refractivity contribution is 6.09. The van der Waals surface area contributed by atoms with Gasteiger partial charge >= 0.3 is 0 Å². The van der Waals surface area contributed by atoms with E-state index in [4.69, 9.17) is 4.74 Å². The van der Waals surface area contributed by atoms with Crippen LogP contribution in [0.15, 0.2) is 24.5 Å². The molecule has 8 nitrogen and oxygen atoms in total. The summed E-state index contributed by atoms with van der Waals surface area (Å²) in [6.45, 7) is 4.04. The number of aromatic amines is 1. The fraction of sp³-hybridized carbons (Fsp3) is 0.481. The van der Waals surface area contributed by atoms with E-state index in [0.717, 1.165) is 12.8 Å². The van der Waals surface area contributed by atoms with Crippen molar-refractivity contribution < 1.29 is 23.1 Å². The zero-order chi connectivity index (χ0) is 26.1. The first-order chi connectivity index (χ1) is 17.8. The Morgan fingerprint density at radius 3 is 2.70 bits per heavy atom. The number of nitrogens with one attached hydrogen (secondary N) is 3. The van der Waals surface area contributed by atoms with Gasteiger partial charge in [-0.15, -0.1) is 0 Å². The highest BCUT2D eigenvalue weighted by Gasteiger charge is 2.33. The molecule has 0 spiro atoms. The molecular weight excluding hydrogens is 480 g/mol. The van der Waals surface area contributed by atoms with Crippen LogP contribution in [0.25, 0.3) is 22.3 Å². The molecule has 196 valence electrons. The van der Waals surface area contributed by atoms with Crippen molar-refractivity contribution in [1.29, 1.82) is 0 Å². The van der Waals surface area contributed by atoms with Crippen LogP contribution in [-0.4, -0.2) is 51.6 Å². The monoisotopic (exact) mass is 511 g/mol. The highest BCUT2D eigenvalue weighted by Crippen LogP contribution is 2.37. The average molecular weight is 512 g/mol. The zero-order valence-corrected chi connectivity index (χ0v) is 20.9. The number of aryl methyl sites for hydroxylation is 1. The van der Waals surface area contributed by atoms with Crippen LogP contribution in [0.1, 0.15) is 61.5 Å². The van der Waals surface area contributed by atoms with Crippen LogP contribution in [0, 0.1) is 18.7 Å². The summed E-state index contributed by atoms with van der Waals surface area (Å²) in [5, 5.41) is 5.65. The third-order valence-electron chi connectivity index (χ3n) is 7.14. The van der Waals surface area contributed by atoms with Crippen molar-refractivity contribution in [2.24, 2.45) is 5.92 Å². The average Bonchev–Trinajstić information content (AvgIpc) is 3.64. The Kier molecular flexibility index (Phi) is 7.08. The number of fused-ring (bicyclic) bond motifs is 1. The van der Waals surface area contributed by atoms with E-state index in [2.05, 4.69) is 25.6 Å². The third-order valence-corrected chi connectivity index (χ3v) is 7.14. The molecule has 1 aromatic carbocycles. The highest BCUT2D eigenvalue weighted by atomic mass is 19.1. The summed E-state index contributed by atoms with van der Waals surface area (Å²) >= 11 is 0. The number of carbonyl (C=O) groups excluding carboxylic acids is 2. The number of hydrogen-bond donors (Lipinski definition) is 3. The number of aromatic nitrogens is 3. The van der Waals surface area contributed by atoms with Gasteiger partial charge in [-0.3, -0.25) is 9.59 Å². The number of hydrogen-bond acceptors (Lipinski definition) is 5. The molecule has 10 heteroatoms. The van der Waals surface area contributed by atoms with Crippen molar-refractivity contribution in [1.82, 2.24) is 25.6 Å². The minimum Gasteiger partial charge on any atom is -0.493 e. The van der Waals surface area contributed by atoms with E-state index in [1.54, 1.807) is 19.9 Å². The topological polar surface area (TPSA) is 109 Å². The quantitative estimate of drug-likeness (QED) is 0.416. The van der Waals surface area contributed by atoms with E-state index in [1.165, 1.54) is 18.5 Å². The standard InChI is InChI=1S/C27H31F2N5O3/c1-3-22(35)33-17-7-8-20(19(29)11-17)34-27(36)23-14(2)32-26-24(30-13-31-25(23)26)18-10-16(28)6-9-21(18)37-12-15-4-5-15/h6,9-10,13,15,17,19-20,32H,3-5,7-8,11-12H2,1-2H3,(H,33,35)(H,34,36)/t17-,19-,20-/m1/s1. The van der Waals surface area contributed by atoms with Crippen molar-refractivity contribution in [2.75, 3.05) is 6.61 Å². The summed E-state index contributed by atoms with van der Waals surface area (Å²) in [6, 6.07) is 3.40. The molecule has 3 aromatic rings. The lowest BCUT2D eigenvalue weighted by Gasteiger charge is -2.32. The van der Waals surface area contributed by atoms with E-state index in [-0.39, 0.29) is 18.4 Å². The molecule has 0 aliphatic heterocycles. The first-order valence-electron chi connectivity index (χ1n) is 12.8. The van der Waals surface area contributed by atoms with Crippen LogP contribution < -0.4 is 15.4 Å². The van der Waals surface area contributed by atoms with Crippen molar-refractivity contribution in [3.05, 3.63) is 41.6 Å². The molecule has 0 unspecified atom stereocenters. The van der Waals surface area contributed by atoms with Crippen LogP contribution in [0.2, 0.25) is 0 Å². The lowest BCUT2D eigenvalue weighted by atomic mass is 9.89. The second-order valence-corrected chi connectivity index (χ2v) is 9.99. The molecule has 3 atom stereocenters. The number of benzene rings is 1. The van der Waals surface area contributed by atoms with Gasteiger partial charge in [0.2, 0.25) is 5.91 Å². The van der Waals surface area contributed by atoms with Crippen LogP contribution in [0.5, 0.6) is 5.75 Å². The molecule has 0 saturated heterocycles. The Balaban J connectivity index is 1.39. The summed E-state index contributed by atoms with van der Waals surface area (Å²) in [5.74, 6) is 0.0504. The van der Waals surface area contributed by atoms with Gasteiger partial charge in [-0.1, -0.05) is 6.92 Å². The molecule has 0 radical (unpaired) electrons. The van der Waals surface area contributed by atoms with Gasteiger partial charge in [0.25, 0.3) is 5.91 Å². The molecule has 3 N–H and O–H groups in total. The van der Waals surface area contributed by atoms with Crippen molar-refractivity contribution >= 4 is 22.8 Å². The molecule has 2 amide bonds. The van der Waals surface area contributed by atoms with Crippen LogP contribution in [-0.2, 0) is 4.79 Å². The van der Waals surface area contributed by atoms with Gasteiger partial charge in [-0.2, -0.15) is 0 Å². The third kappa shape index (κ3) is 5.42. The molecule has 2 fully saturated rings. The van der Waals surface area contributed by atoms with Gasteiger partial charge in [0, 0.05) is 30.1 Å². The predicted octanol–water partition coefficient (Wildman–Crippen LogP) is 4.38. The smallest absolute Gasteiger partial charge is 0.255 e. The maximum absolute atomic E-state index is 14.9. The Bertz CT molecular complexity index is 1320. The largest absolute Gasteiger partial charge is 0.493 e. The second kappa shape index (κ2) is 10.4. The molecule has 5 rings (SSSR count). The van der Waals surface area contributed by atoms with Gasteiger partial charge < -0.3 is 20.4 Å². The van der Waals surface area contributed by atoms with Crippen molar-refractivity contribution in [2.45, 2.75) is 70.6 Å². The van der Waals surface area contributed by atoms with Gasteiger partial charge in [-0.05, 0) is 56.7 Å². The summed E-state index contributed by atoms with van der Waals surface area (Å²) in [5.41, 5.74) is 2.59. The molecule has 2 heterocycles. The number of carbonyl (C=O) groups is 2. The molecule has 0 bridgehead atoms. The molecule has 2 saturated carbocycles. The van der Waals surface area contributed by atoms with E-state index < -0.39 is 23.9 Å². The number of amides is 2. The summed E-state index contributed by atoms with van der Waals surface area (Å²) < 4.78 is 35.1. The first kappa shape index (κ1) is 25.1. The van der Waals surface area contributed by atoms with Crippen LogP contribution in [0.3, 0.4) is 0 Å². The van der Waals surface area contributed by atoms with Crippen molar-refractivity contribution in [3.8, 4) is 17.0 Å². The minimum absolute atomic E-state index is 0.107. The molecule has 37 heavy (non-hydrogen) atoms. The number of ether oxygens (including phenoxy) is 1. The Hall–Kier alpha value is -3.56. The van der Waals surface area contributed by atoms with Crippen LogP contribution >= 0.6 is 0 Å². The second-order valence-electron chi connectivity index (χ2n) is 9.99. The van der Waals surface area contributed by atoms with Gasteiger partial charge in [0.05, 0.1) is 23.7 Å². The molecule has 2 aliphatic carbocycles. The SMILES string of the molecule is CCC(=O)N[C@@H]1CC[C@@H](NC(=O)c2c(C)[nH]c3c(-c4cc(F)ccc4OCC4CC4)ncnc23)[C@H](F)C1. The normalized spacial score (nSPS) is 21.6. The number of H-pyrrole nitrogens is 1. The van der Waals surface area contributed by atoms with E-state index in [9.17, 15) is 18.4 Å². The predicted molar refractivity (Wildman–Crippen MR) is 134 cm³/mol. The molecule has 2 aliphatic rings. The Labute approximate surface area is 213 Å². The number of halogens is 2. The van der Waals surface area contributed by atoms with Crippen molar-refractivity contribution in [3.63, 3.8) is 0 Å². The van der Waals surface area contributed by atoms with E-state index in [1.807, 2.05) is 0 Å². The first-order valence-corrected chi connectivity index (χ1v) is 12.8. The lowest BCUT2D eigenvalue weighted by molar-refractivity contribution is -0.121. The number of rotatable bonds is 8. The van der Waals surface area contributed by atoms with Gasteiger partial charge in [0.15, 0.2) is 0 Å². The maximum Gasteiger partial charge on any atom is 0.255 e. The van der Waals surface area contributed by atoms with Gasteiger partial charge in [0.1, 0.15) is 35.3 Å². The zero-order valence-electron chi connectivity index (χ0n) is 20.9. The number of alkyl halides is 1. The minimum atomic E-state index is -1.28. The lowest BCUT2D eigenvalue weighted by Crippen LogP contribution is -2.50.